The van der Waals surface area contributed by atoms with Crippen molar-refractivity contribution in [2.75, 3.05) is 18.5 Å². The maximum Gasteiger partial charge on any atom is 0.355 e. The molecule has 0 aliphatic heterocycles. The van der Waals surface area contributed by atoms with Crippen molar-refractivity contribution < 1.29 is 14.6 Å². The third-order valence-corrected chi connectivity index (χ3v) is 7.09. The highest BCUT2D eigenvalue weighted by Crippen LogP contribution is 2.41. The molecule has 0 aliphatic carbocycles. The van der Waals surface area contributed by atoms with Gasteiger partial charge in [0.1, 0.15) is 5.69 Å². The molecule has 0 aliphatic rings. The lowest BCUT2D eigenvalue weighted by atomic mass is 9.95. The lowest BCUT2D eigenvalue weighted by molar-refractivity contribution is 0.0519. The molecule has 6 nitrogen and oxygen atoms in total. The van der Waals surface area contributed by atoms with Gasteiger partial charge in [-0.1, -0.05) is 53.4 Å². The van der Waals surface area contributed by atoms with Crippen LogP contribution in [0.2, 0.25) is 5.02 Å². The highest BCUT2D eigenvalue weighted by Gasteiger charge is 2.26. The second kappa shape index (κ2) is 12.8. The molecule has 2 N–H and O–H groups in total. The maximum atomic E-state index is 12.8. The van der Waals surface area contributed by atoms with Crippen LogP contribution in [0.5, 0.6) is 0 Å². The number of benzene rings is 1. The van der Waals surface area contributed by atoms with E-state index < -0.39 is 0 Å². The van der Waals surface area contributed by atoms with Gasteiger partial charge in [0.15, 0.2) is 0 Å². The molecule has 0 spiro atoms. The molecule has 0 saturated heterocycles. The van der Waals surface area contributed by atoms with E-state index in [9.17, 15) is 9.90 Å². The monoisotopic (exact) mass is 551 g/mol. The van der Waals surface area contributed by atoms with E-state index in [1.54, 1.807) is 6.92 Å². The molecular weight excluding hydrogens is 518 g/mol. The fourth-order valence-corrected chi connectivity index (χ4v) is 5.31. The molecule has 3 rings (SSSR count). The molecule has 3 aromatic rings. The fraction of sp³-hybridized carbons (Fsp3) is 0.538. The van der Waals surface area contributed by atoms with Crippen molar-refractivity contribution >= 4 is 44.4 Å². The molecule has 0 fully saturated rings. The number of H-pyrrole nitrogens is 1. The van der Waals surface area contributed by atoms with E-state index in [1.807, 2.05) is 23.9 Å². The van der Waals surface area contributed by atoms with Gasteiger partial charge in [0, 0.05) is 41.2 Å². The summed E-state index contributed by atoms with van der Waals surface area (Å²) in [5, 5.41) is 16.9. The number of aryl methyl sites for hydroxylation is 3. The second-order valence-corrected chi connectivity index (χ2v) is 9.67. The first-order chi connectivity index (χ1) is 16.5. The Morgan fingerprint density at radius 1 is 1.15 bits per heavy atom. The topological polar surface area (TPSA) is 80.1 Å². The van der Waals surface area contributed by atoms with E-state index in [4.69, 9.17) is 21.4 Å². The molecule has 34 heavy (non-hydrogen) atoms. The van der Waals surface area contributed by atoms with Crippen molar-refractivity contribution in [3.8, 4) is 11.1 Å². The van der Waals surface area contributed by atoms with Gasteiger partial charge in [-0.25, -0.2) is 4.79 Å². The summed E-state index contributed by atoms with van der Waals surface area (Å²) in [6.07, 6.45) is 7.41. The number of hydrogen-bond acceptors (Lipinski definition) is 4. The number of carbonyl (C=O) groups excluding carboxylic acids is 1. The number of ether oxygens (including phenoxy) is 1. The van der Waals surface area contributed by atoms with Gasteiger partial charge in [-0.3, -0.25) is 4.68 Å². The van der Waals surface area contributed by atoms with Gasteiger partial charge in [-0.05, 0) is 57.1 Å². The van der Waals surface area contributed by atoms with Crippen LogP contribution in [0.1, 0.15) is 73.4 Å². The molecule has 0 radical (unpaired) electrons. The molecule has 8 heteroatoms. The average Bonchev–Trinajstić information content (AvgIpc) is 3.34. The first-order valence-electron chi connectivity index (χ1n) is 12.2. The van der Waals surface area contributed by atoms with E-state index in [0.717, 1.165) is 70.0 Å². The van der Waals surface area contributed by atoms with Gasteiger partial charge in [0.25, 0.3) is 0 Å². The van der Waals surface area contributed by atoms with Crippen LogP contribution in [0.15, 0.2) is 12.1 Å². The number of aromatic amines is 1. The van der Waals surface area contributed by atoms with Gasteiger partial charge in [-0.15, -0.1) is 0 Å². The lowest BCUT2D eigenvalue weighted by Crippen LogP contribution is -2.08. The number of unbranched alkanes of at least 4 members (excludes halogenated alkanes) is 3. The zero-order valence-electron chi connectivity index (χ0n) is 20.3. The summed E-state index contributed by atoms with van der Waals surface area (Å²) >= 11 is 10.3. The van der Waals surface area contributed by atoms with Crippen LogP contribution in [-0.4, -0.2) is 44.4 Å². The summed E-state index contributed by atoms with van der Waals surface area (Å²) in [4.78, 5) is 16.1. The van der Waals surface area contributed by atoms with Crippen LogP contribution in [-0.2, 0) is 31.0 Å². The standard InChI is InChI=1S/C26H35BrClN3O3/c1-4-21-23(20(30-31(21)3)12-8-6-7-9-15-27)22-19(28)14-13-18-17(11-10-16-32)25(29-24(18)22)26(33)34-5-2/h13-14,29,32H,4-12,15-16H2,1-3H3. The minimum absolute atomic E-state index is 0.0528. The highest BCUT2D eigenvalue weighted by molar-refractivity contribution is 9.09. The SMILES string of the molecule is CCOC(=O)c1[nH]c2c(-c3c(CCCCCCBr)nn(C)c3CC)c(Cl)ccc2c1CCCO. The smallest absolute Gasteiger partial charge is 0.355 e. The number of rotatable bonds is 13. The summed E-state index contributed by atoms with van der Waals surface area (Å²) in [6.45, 7) is 4.27. The van der Waals surface area contributed by atoms with Gasteiger partial charge < -0.3 is 14.8 Å². The van der Waals surface area contributed by atoms with Crippen LogP contribution < -0.4 is 0 Å². The Hall–Kier alpha value is -1.83. The summed E-state index contributed by atoms with van der Waals surface area (Å²) in [7, 11) is 1.98. The van der Waals surface area contributed by atoms with Crippen molar-refractivity contribution in [3.63, 3.8) is 0 Å². The highest BCUT2D eigenvalue weighted by atomic mass is 79.9. The zero-order valence-corrected chi connectivity index (χ0v) is 22.7. The first-order valence-corrected chi connectivity index (χ1v) is 13.7. The Labute approximate surface area is 215 Å². The average molecular weight is 553 g/mol. The van der Waals surface area contributed by atoms with Gasteiger partial charge in [0.05, 0.1) is 22.8 Å². The molecule has 0 unspecified atom stereocenters. The molecule has 0 atom stereocenters. The number of nitrogens with one attached hydrogen (secondary N) is 1. The summed E-state index contributed by atoms with van der Waals surface area (Å²) in [5.41, 5.74) is 6.23. The Balaban J connectivity index is 2.17. The molecular formula is C26H35BrClN3O3. The number of aliphatic hydroxyl groups is 1. The Kier molecular flexibility index (Phi) is 10.0. The Bertz CT molecular complexity index is 1120. The molecule has 186 valence electrons. The van der Waals surface area contributed by atoms with Crippen LogP contribution in [0.4, 0.5) is 0 Å². The van der Waals surface area contributed by atoms with Crippen LogP contribution in [0.3, 0.4) is 0 Å². The van der Waals surface area contributed by atoms with Crippen LogP contribution >= 0.6 is 27.5 Å². The van der Waals surface area contributed by atoms with E-state index in [1.165, 1.54) is 12.8 Å². The molecule has 0 amide bonds. The minimum Gasteiger partial charge on any atom is -0.461 e. The van der Waals surface area contributed by atoms with Crippen molar-refractivity contribution in [2.45, 2.75) is 65.2 Å². The van der Waals surface area contributed by atoms with Gasteiger partial charge >= 0.3 is 5.97 Å². The molecule has 0 saturated carbocycles. The number of halogens is 2. The second-order valence-electron chi connectivity index (χ2n) is 8.47. The Morgan fingerprint density at radius 3 is 2.59 bits per heavy atom. The molecule has 2 heterocycles. The first kappa shape index (κ1) is 26.8. The summed E-state index contributed by atoms with van der Waals surface area (Å²) < 4.78 is 7.29. The predicted molar refractivity (Wildman–Crippen MR) is 142 cm³/mol. The van der Waals surface area contributed by atoms with Crippen molar-refractivity contribution in [1.82, 2.24) is 14.8 Å². The minimum atomic E-state index is -0.386. The Morgan fingerprint density at radius 2 is 1.91 bits per heavy atom. The summed E-state index contributed by atoms with van der Waals surface area (Å²) in [5.74, 6) is -0.386. The quantitative estimate of drug-likeness (QED) is 0.146. The molecule has 1 aromatic carbocycles. The molecule has 2 aromatic heterocycles. The number of nitrogens with zero attached hydrogens (tertiary/aromatic N) is 2. The van der Waals surface area contributed by atoms with E-state index in [2.05, 4.69) is 27.8 Å². The number of hydrogen-bond donors (Lipinski definition) is 2. The van der Waals surface area contributed by atoms with Gasteiger partial charge in [-0.2, -0.15) is 5.10 Å². The van der Waals surface area contributed by atoms with Gasteiger partial charge in [0.2, 0.25) is 0 Å². The van der Waals surface area contributed by atoms with Crippen molar-refractivity contribution in [2.24, 2.45) is 7.05 Å². The van der Waals surface area contributed by atoms with Crippen molar-refractivity contribution in [3.05, 3.63) is 39.8 Å². The predicted octanol–water partition coefficient (Wildman–Crippen LogP) is 6.38. The normalized spacial score (nSPS) is 11.5. The van der Waals surface area contributed by atoms with Crippen molar-refractivity contribution in [1.29, 1.82) is 0 Å². The van der Waals surface area contributed by atoms with Crippen LogP contribution in [0, 0.1) is 0 Å². The summed E-state index contributed by atoms with van der Waals surface area (Å²) in [6, 6.07) is 3.85. The van der Waals surface area contributed by atoms with E-state index >= 15 is 0 Å². The number of alkyl halides is 1. The lowest BCUT2D eigenvalue weighted by Gasteiger charge is -2.11. The number of fused-ring (bicyclic) bond motifs is 1. The number of aliphatic hydroxyl groups excluding tert-OH is 1. The third kappa shape index (κ3) is 5.69. The fourth-order valence-electron chi connectivity index (χ4n) is 4.66. The number of aromatic nitrogens is 3. The van der Waals surface area contributed by atoms with E-state index in [-0.39, 0.29) is 12.6 Å². The number of esters is 1. The van der Waals surface area contributed by atoms with Crippen LogP contribution in [0.25, 0.3) is 22.0 Å². The third-order valence-electron chi connectivity index (χ3n) is 6.22. The largest absolute Gasteiger partial charge is 0.461 e. The maximum absolute atomic E-state index is 12.8. The number of carbonyl (C=O) groups is 1. The molecule has 0 bridgehead atoms. The zero-order chi connectivity index (χ0) is 24.7. The van der Waals surface area contributed by atoms with E-state index in [0.29, 0.717) is 30.2 Å².